The molecular formula is C26H78BBrN4O4P46. The Morgan fingerprint density at radius 2 is 0.659 bits per heavy atom. The van der Waals surface area contributed by atoms with Crippen molar-refractivity contribution < 1.29 is 19.6 Å². The van der Waals surface area contributed by atoms with Crippen molar-refractivity contribution in [2.24, 2.45) is 21.5 Å². The topological polar surface area (TPSA) is 151 Å². The van der Waals surface area contributed by atoms with Crippen molar-refractivity contribution in [3.8, 4) is 0 Å². The lowest BCUT2D eigenvalue weighted by atomic mass is 9.80. The van der Waals surface area contributed by atoms with Crippen LogP contribution >= 0.6 is 384 Å². The Labute approximate surface area is 581 Å². The lowest BCUT2D eigenvalue weighted by Gasteiger charge is -2.57. The van der Waals surface area contributed by atoms with Crippen molar-refractivity contribution in [1.29, 1.82) is 0 Å². The van der Waals surface area contributed by atoms with E-state index in [0.29, 0.717) is 35.0 Å². The van der Waals surface area contributed by atoms with Gasteiger partial charge in [-0.25, -0.2) is 0 Å². The summed E-state index contributed by atoms with van der Waals surface area (Å²) in [7, 11) is 81.2. The van der Waals surface area contributed by atoms with Crippen molar-refractivity contribution in [3.05, 3.63) is 82.1 Å². The number of benzene rings is 2. The van der Waals surface area contributed by atoms with Gasteiger partial charge in [0.1, 0.15) is 12.6 Å². The highest BCUT2D eigenvalue weighted by Crippen LogP contribution is 3.45. The van der Waals surface area contributed by atoms with Gasteiger partial charge >= 0.3 is 7.12 Å². The van der Waals surface area contributed by atoms with Gasteiger partial charge in [0.2, 0.25) is 0 Å². The normalized spacial score (nSPS) is 14.9. The molecule has 82 heavy (non-hydrogen) atoms. The van der Waals surface area contributed by atoms with E-state index in [2.05, 4.69) is 240 Å². The minimum Gasteiger partial charge on any atom is -0.423 e. The number of carbonyl (C=O) groups is 2. The predicted octanol–water partition coefficient (Wildman–Crippen LogP) is 29.4. The first-order valence-corrected chi connectivity index (χ1v) is 106. The molecule has 24 unspecified atom stereocenters. The molecule has 466 valence electrons. The molecule has 8 nitrogen and oxygen atoms in total. The van der Waals surface area contributed by atoms with Crippen LogP contribution < -0.4 is 16.9 Å². The highest BCUT2D eigenvalue weighted by molar-refractivity contribution is 9.51. The molecule has 0 aromatic heterocycles. The first kappa shape index (κ1) is 96.5. The van der Waals surface area contributed by atoms with E-state index in [0.717, 1.165) is 21.9 Å². The average molecular weight is 2030 g/mol. The second-order valence-corrected chi connectivity index (χ2v) is 205. The minimum absolute atomic E-state index is 0.0983. The van der Waals surface area contributed by atoms with Gasteiger partial charge in [0.15, 0.2) is 0 Å². The molecule has 2 aliphatic carbocycles. The van der Waals surface area contributed by atoms with Crippen molar-refractivity contribution in [2.45, 2.75) is 37.8 Å². The Morgan fingerprint density at radius 1 is 0.415 bits per heavy atom. The SMILES string of the molecule is NC=C(Br)C=NC1CC1.NC=C(C=NC1CC1)c1ccc(C=O)cc1.O=Cc1ccc(B(O)O)cc1.PP(P)P(P(P)P)P(P(P(P)P)P(P)P)P(P(P(P(P)P)P(P)P)P(P(P)P)P(P)P)P(P(P(P)P)P(P)P)P(P(P)P)P(P)P. The highest BCUT2D eigenvalue weighted by atomic mass is 79.9. The predicted molar refractivity (Wildman–Crippen MR) is 535 cm³/mol. The van der Waals surface area contributed by atoms with Gasteiger partial charge < -0.3 is 21.5 Å². The van der Waals surface area contributed by atoms with Gasteiger partial charge in [-0.15, -0.1) is 214 Å². The Balaban J connectivity index is 0.000000732. The second kappa shape index (κ2) is 54.1. The van der Waals surface area contributed by atoms with Crippen LogP contribution in [0, 0.1) is 0 Å². The number of halogens is 1. The van der Waals surface area contributed by atoms with Crippen molar-refractivity contribution in [3.63, 3.8) is 0 Å². The Bertz CT molecular complexity index is 2040. The van der Waals surface area contributed by atoms with Gasteiger partial charge in [0.25, 0.3) is 0 Å². The van der Waals surface area contributed by atoms with E-state index in [-0.39, 0.29) is 154 Å². The monoisotopic (exact) mass is 2030 g/mol. The maximum absolute atomic E-state index is 10.5. The molecule has 0 spiro atoms. The molecule has 2 aromatic carbocycles. The summed E-state index contributed by atoms with van der Waals surface area (Å²) in [5, 5.41) is 17.3. The molecule has 2 fully saturated rings. The summed E-state index contributed by atoms with van der Waals surface area (Å²) in [4.78, 5) is 29.2. The van der Waals surface area contributed by atoms with Gasteiger partial charge in [-0.3, -0.25) is 19.6 Å². The third-order valence-corrected chi connectivity index (χ3v) is 323. The fourth-order valence-electron chi connectivity index (χ4n) is 5.25. The maximum atomic E-state index is 10.5. The summed E-state index contributed by atoms with van der Waals surface area (Å²) < 4.78 is 0.856. The van der Waals surface area contributed by atoms with Crippen LogP contribution in [-0.4, -0.2) is 54.3 Å². The van der Waals surface area contributed by atoms with Gasteiger partial charge in [-0.05, 0) is 206 Å². The van der Waals surface area contributed by atoms with E-state index >= 15 is 0 Å². The van der Waals surface area contributed by atoms with Gasteiger partial charge in [-0.2, -0.15) is 0 Å². The molecule has 0 amide bonds. The zero-order chi connectivity index (χ0) is 63.0. The van der Waals surface area contributed by atoms with Crippen LogP contribution in [0.5, 0.6) is 0 Å². The molecule has 2 aliphatic rings. The molecule has 0 aliphatic heterocycles. The van der Waals surface area contributed by atoms with Crippen molar-refractivity contribution in [1.82, 2.24) is 0 Å². The molecule has 0 saturated heterocycles. The zero-order valence-corrected chi connectivity index (χ0v) is 92.5. The molecule has 56 heteroatoms. The molecule has 4 rings (SSSR count). The molecule has 2 aromatic rings. The highest BCUT2D eigenvalue weighted by Gasteiger charge is 2.57. The number of carbonyl (C=O) groups excluding carboxylic acids is 2. The lowest BCUT2D eigenvalue weighted by Crippen LogP contribution is -2.29. The molecule has 0 radical (unpaired) electrons. The van der Waals surface area contributed by atoms with Crippen molar-refractivity contribution >= 4 is 427 Å². The fraction of sp³-hybridized carbons (Fsp3) is 0.231. The smallest absolute Gasteiger partial charge is 0.423 e. The Hall–Kier alpha value is 16.4. The van der Waals surface area contributed by atoms with E-state index in [4.69, 9.17) is 21.5 Å². The first-order chi connectivity index (χ1) is 38.2. The third-order valence-electron chi connectivity index (χ3n) is 8.94. The molecule has 6 N–H and O–H groups in total. The van der Waals surface area contributed by atoms with E-state index in [1.165, 1.54) is 56.1 Å². The molecule has 0 bridgehead atoms. The number of aliphatic imine (C=N–C) groups is 2. The molecule has 24 atom stereocenters. The van der Waals surface area contributed by atoms with Crippen LogP contribution in [0.3, 0.4) is 0 Å². The largest absolute Gasteiger partial charge is 0.488 e. The number of nitrogens with zero attached hydrogens (tertiary/aromatic N) is 2. The zero-order valence-electron chi connectivity index (χ0n) is 43.5. The Kier molecular flexibility index (Phi) is 63.6. The third kappa shape index (κ3) is 37.8. The summed E-state index contributed by atoms with van der Waals surface area (Å²) >= 11 is 3.22. The van der Waals surface area contributed by atoms with E-state index in [1.807, 2.05) is 18.3 Å². The van der Waals surface area contributed by atoms with Gasteiger partial charge in [0, 0.05) is 41.5 Å². The Morgan fingerprint density at radius 3 is 0.866 bits per heavy atom. The number of hydrogen-bond acceptors (Lipinski definition) is 8. The van der Waals surface area contributed by atoms with Crippen molar-refractivity contribution in [2.75, 3.05) is 0 Å². The standard InChI is InChI=1S/C13H14N2O.C7H7BO3.C6H9BrN2.H48P46/c14-7-12(8-15-13-5-6-13)11-3-1-10(9-16)2-4-11;9-5-6-1-3-7(4-2-6)8(10)11;7-5(3-8)4-9-6-1-2-6;1-25(2)37(26(3)4)43(38(27(5)6)28(7)8)46(44(39(29(9)10)30(11)12)40(31(13)14)32(15)16)45(41(33(17)18)34(19)20)42(35(21)22)36(23)24/h1-4,7-9,13H,5-6,14H2;1-5,10-11H;3-4,6H,1-2,8H2;1-24H2. The summed E-state index contributed by atoms with van der Waals surface area (Å²) in [6, 6.07) is 14.4. The quantitative estimate of drug-likeness (QED) is 0.0276. The molecule has 0 heterocycles. The molecule has 2 saturated carbocycles. The minimum atomic E-state index is -1.46. The number of nitrogens with two attached hydrogens (primary N) is 2. The van der Waals surface area contributed by atoms with Crippen LogP contribution in [0.2, 0.25) is 0 Å². The van der Waals surface area contributed by atoms with E-state index in [9.17, 15) is 9.59 Å². The number of allylic oxidation sites excluding steroid dienone is 2. The average Bonchev–Trinajstić information content (AvgIpc) is 4.33. The summed E-state index contributed by atoms with van der Waals surface area (Å²) in [5.74, 6) is 0. The second-order valence-electron chi connectivity index (χ2n) is 15.3. The summed E-state index contributed by atoms with van der Waals surface area (Å²) in [6.07, 6.45) is 13.0. The fourth-order valence-corrected chi connectivity index (χ4v) is 655. The number of hydrogen-bond donors (Lipinski definition) is 4. The first-order valence-electron chi connectivity index (χ1n) is 21.8. The van der Waals surface area contributed by atoms with Gasteiger partial charge in [-0.1, -0.05) is 48.5 Å². The van der Waals surface area contributed by atoms with Crippen LogP contribution in [0.1, 0.15) is 52.0 Å². The van der Waals surface area contributed by atoms with E-state index < -0.39 is 7.12 Å². The number of rotatable bonds is 29. The van der Waals surface area contributed by atoms with Crippen LogP contribution in [0.15, 0.2) is 75.4 Å². The maximum Gasteiger partial charge on any atom is 0.488 e. The van der Waals surface area contributed by atoms with E-state index in [1.54, 1.807) is 24.5 Å². The van der Waals surface area contributed by atoms with Crippen LogP contribution in [0.4, 0.5) is 0 Å². The van der Waals surface area contributed by atoms with Gasteiger partial charge in [0.05, 0.1) is 16.6 Å². The van der Waals surface area contributed by atoms with Crippen LogP contribution in [0.25, 0.3) is 5.57 Å². The number of aldehydes is 2. The summed E-state index contributed by atoms with van der Waals surface area (Å²) in [5.41, 5.74) is 14.2. The molecular weight excluding hydrogens is 1950 g/mol. The van der Waals surface area contributed by atoms with Crippen LogP contribution in [-0.2, 0) is 0 Å². The lowest BCUT2D eigenvalue weighted by molar-refractivity contribution is 0.111. The summed E-state index contributed by atoms with van der Waals surface area (Å²) in [6.45, 7) is -3.08.